The minimum Gasteiger partial charge on any atom is -0.459 e. The summed E-state index contributed by atoms with van der Waals surface area (Å²) < 4.78 is 5.18. The number of aryl methyl sites for hydroxylation is 1. The molecule has 3 N–H and O–H groups in total. The van der Waals surface area contributed by atoms with E-state index in [0.29, 0.717) is 18.8 Å². The van der Waals surface area contributed by atoms with Gasteiger partial charge >= 0.3 is 0 Å². The Kier molecular flexibility index (Phi) is 11.0. The van der Waals surface area contributed by atoms with Gasteiger partial charge in [0.15, 0.2) is 11.7 Å². The summed E-state index contributed by atoms with van der Waals surface area (Å²) in [5.41, 5.74) is 1.85. The van der Waals surface area contributed by atoms with Crippen molar-refractivity contribution in [1.82, 2.24) is 16.0 Å². The van der Waals surface area contributed by atoms with Gasteiger partial charge in [0.05, 0.1) is 12.3 Å². The van der Waals surface area contributed by atoms with Crippen LogP contribution < -0.4 is 16.0 Å². The molecule has 1 aromatic heterocycles. The molecule has 0 saturated carbocycles. The second-order valence-corrected chi connectivity index (χ2v) is 6.60. The molecule has 154 valence electrons. The minimum atomic E-state index is -0.196. The van der Waals surface area contributed by atoms with Crippen molar-refractivity contribution in [3.63, 3.8) is 0 Å². The lowest BCUT2D eigenvalue weighted by atomic mass is 10.1. The topological polar surface area (TPSA) is 78.7 Å². The summed E-state index contributed by atoms with van der Waals surface area (Å²) in [6, 6.07) is 9.55. The normalized spacial score (nSPS) is 12.1. The average molecular weight is 519 g/mol. The monoisotopic (exact) mass is 518 g/mol. The number of halogens is 2. The van der Waals surface area contributed by atoms with E-state index < -0.39 is 0 Å². The SMILES string of the molecule is CCNC(=NCCCNC(=O)c1occc1C)NC(C)c1ccccc1Cl.I. The van der Waals surface area contributed by atoms with Gasteiger partial charge in [-0.1, -0.05) is 29.8 Å². The molecule has 1 atom stereocenters. The quantitative estimate of drug-likeness (QED) is 0.211. The Morgan fingerprint density at radius 2 is 2.00 bits per heavy atom. The van der Waals surface area contributed by atoms with Crippen LogP contribution >= 0.6 is 35.6 Å². The Morgan fingerprint density at radius 1 is 1.25 bits per heavy atom. The summed E-state index contributed by atoms with van der Waals surface area (Å²) >= 11 is 6.26. The van der Waals surface area contributed by atoms with E-state index in [9.17, 15) is 4.79 Å². The van der Waals surface area contributed by atoms with Crippen LogP contribution in [0, 0.1) is 6.92 Å². The van der Waals surface area contributed by atoms with Crippen LogP contribution in [0.15, 0.2) is 46.0 Å². The molecular weight excluding hydrogens is 491 g/mol. The van der Waals surface area contributed by atoms with Crippen molar-refractivity contribution in [3.05, 3.63) is 58.5 Å². The first-order valence-electron chi connectivity index (χ1n) is 9.14. The van der Waals surface area contributed by atoms with Gasteiger partial charge in [0.1, 0.15) is 0 Å². The second kappa shape index (κ2) is 12.7. The van der Waals surface area contributed by atoms with Gasteiger partial charge in [0.25, 0.3) is 5.91 Å². The lowest BCUT2D eigenvalue weighted by Crippen LogP contribution is -2.39. The Morgan fingerprint density at radius 3 is 2.64 bits per heavy atom. The second-order valence-electron chi connectivity index (χ2n) is 6.19. The number of carbonyl (C=O) groups is 1. The number of furan rings is 1. The summed E-state index contributed by atoms with van der Waals surface area (Å²) in [6.45, 7) is 7.78. The van der Waals surface area contributed by atoms with E-state index in [4.69, 9.17) is 16.0 Å². The number of nitrogens with zero attached hydrogens (tertiary/aromatic N) is 1. The fourth-order valence-electron chi connectivity index (χ4n) is 2.59. The van der Waals surface area contributed by atoms with Crippen molar-refractivity contribution in [2.45, 2.75) is 33.2 Å². The van der Waals surface area contributed by atoms with Crippen LogP contribution in [0.1, 0.15) is 48.0 Å². The Bertz CT molecular complexity index is 779. The van der Waals surface area contributed by atoms with Gasteiger partial charge in [0, 0.05) is 30.2 Å². The average Bonchev–Trinajstić information content (AvgIpc) is 3.07. The predicted octanol–water partition coefficient (Wildman–Crippen LogP) is 4.30. The maximum absolute atomic E-state index is 12.0. The van der Waals surface area contributed by atoms with Crippen molar-refractivity contribution in [2.75, 3.05) is 19.6 Å². The summed E-state index contributed by atoms with van der Waals surface area (Å²) in [6.07, 6.45) is 2.24. The van der Waals surface area contributed by atoms with Crippen LogP contribution in [-0.2, 0) is 0 Å². The number of amides is 1. The third kappa shape index (κ3) is 7.35. The number of rotatable bonds is 8. The molecule has 0 aliphatic carbocycles. The zero-order valence-electron chi connectivity index (χ0n) is 16.4. The van der Waals surface area contributed by atoms with Gasteiger partial charge < -0.3 is 20.4 Å². The van der Waals surface area contributed by atoms with E-state index in [1.54, 1.807) is 6.07 Å². The highest BCUT2D eigenvalue weighted by Crippen LogP contribution is 2.21. The van der Waals surface area contributed by atoms with Crippen LogP contribution in [0.3, 0.4) is 0 Å². The van der Waals surface area contributed by atoms with Crippen molar-refractivity contribution >= 4 is 47.4 Å². The molecule has 2 rings (SSSR count). The van der Waals surface area contributed by atoms with E-state index in [2.05, 4.69) is 20.9 Å². The van der Waals surface area contributed by atoms with Crippen molar-refractivity contribution < 1.29 is 9.21 Å². The Labute approximate surface area is 188 Å². The van der Waals surface area contributed by atoms with Crippen LogP contribution in [0.4, 0.5) is 0 Å². The molecule has 0 aliphatic rings. The largest absolute Gasteiger partial charge is 0.459 e. The van der Waals surface area contributed by atoms with Gasteiger partial charge in [-0.15, -0.1) is 24.0 Å². The number of nitrogens with one attached hydrogen (secondary N) is 3. The summed E-state index contributed by atoms with van der Waals surface area (Å²) in [7, 11) is 0. The van der Waals surface area contributed by atoms with Crippen molar-refractivity contribution in [1.29, 1.82) is 0 Å². The fraction of sp³-hybridized carbons (Fsp3) is 0.400. The number of hydrogen-bond donors (Lipinski definition) is 3. The number of benzene rings is 1. The molecule has 6 nitrogen and oxygen atoms in total. The maximum Gasteiger partial charge on any atom is 0.287 e. The van der Waals surface area contributed by atoms with E-state index >= 15 is 0 Å². The zero-order chi connectivity index (χ0) is 19.6. The zero-order valence-corrected chi connectivity index (χ0v) is 19.5. The molecule has 8 heteroatoms. The lowest BCUT2D eigenvalue weighted by molar-refractivity contribution is 0.0925. The first kappa shape index (κ1) is 24.3. The molecule has 0 fully saturated rings. The van der Waals surface area contributed by atoms with Gasteiger partial charge in [0.2, 0.25) is 0 Å². The van der Waals surface area contributed by atoms with E-state index in [1.165, 1.54) is 6.26 Å². The van der Waals surface area contributed by atoms with Crippen LogP contribution in [0.2, 0.25) is 5.02 Å². The smallest absolute Gasteiger partial charge is 0.287 e. The molecule has 0 saturated heterocycles. The van der Waals surface area contributed by atoms with Gasteiger partial charge in [-0.2, -0.15) is 0 Å². The standard InChI is InChI=1S/C20H27ClN4O2.HI/c1-4-22-20(25-15(3)16-8-5-6-9-17(16)21)24-12-7-11-23-19(26)18-14(2)10-13-27-18;/h5-6,8-10,13,15H,4,7,11-12H2,1-3H3,(H,23,26)(H2,22,24,25);1H. The molecule has 2 aromatic rings. The summed E-state index contributed by atoms with van der Waals surface area (Å²) in [4.78, 5) is 16.5. The summed E-state index contributed by atoms with van der Waals surface area (Å²) in [5, 5.41) is 10.2. The van der Waals surface area contributed by atoms with Crippen molar-refractivity contribution in [3.8, 4) is 0 Å². The highest BCUT2D eigenvalue weighted by Gasteiger charge is 2.12. The molecule has 0 radical (unpaired) electrons. The molecule has 1 unspecified atom stereocenters. The highest BCUT2D eigenvalue weighted by atomic mass is 127. The molecule has 1 aromatic carbocycles. The predicted molar refractivity (Wildman–Crippen MR) is 125 cm³/mol. The van der Waals surface area contributed by atoms with Crippen LogP contribution in [0.5, 0.6) is 0 Å². The number of carbonyl (C=O) groups excluding carboxylic acids is 1. The molecule has 28 heavy (non-hydrogen) atoms. The molecule has 1 heterocycles. The molecule has 1 amide bonds. The Hall–Kier alpha value is -1.74. The molecule has 0 aliphatic heterocycles. The maximum atomic E-state index is 12.0. The third-order valence-electron chi connectivity index (χ3n) is 4.03. The van der Waals surface area contributed by atoms with Crippen molar-refractivity contribution in [2.24, 2.45) is 4.99 Å². The fourth-order valence-corrected chi connectivity index (χ4v) is 2.89. The van der Waals surface area contributed by atoms with E-state index in [1.807, 2.05) is 45.0 Å². The van der Waals surface area contributed by atoms with Gasteiger partial charge in [-0.05, 0) is 44.9 Å². The Balaban J connectivity index is 0.00000392. The van der Waals surface area contributed by atoms with E-state index in [0.717, 1.165) is 35.1 Å². The number of aliphatic imine (C=N–C) groups is 1. The molecular formula is C20H28ClIN4O2. The number of hydrogen-bond acceptors (Lipinski definition) is 3. The molecule has 0 bridgehead atoms. The number of guanidine groups is 1. The first-order valence-corrected chi connectivity index (χ1v) is 9.52. The molecule has 0 spiro atoms. The minimum absolute atomic E-state index is 0. The van der Waals surface area contributed by atoms with Gasteiger partial charge in [-0.3, -0.25) is 9.79 Å². The van der Waals surface area contributed by atoms with Gasteiger partial charge in [-0.25, -0.2) is 0 Å². The first-order chi connectivity index (χ1) is 13.0. The lowest BCUT2D eigenvalue weighted by Gasteiger charge is -2.19. The van der Waals surface area contributed by atoms with Crippen LogP contribution in [0.25, 0.3) is 0 Å². The third-order valence-corrected chi connectivity index (χ3v) is 4.37. The van der Waals surface area contributed by atoms with Crippen LogP contribution in [-0.4, -0.2) is 31.5 Å². The van der Waals surface area contributed by atoms with E-state index in [-0.39, 0.29) is 35.9 Å². The highest BCUT2D eigenvalue weighted by molar-refractivity contribution is 14.0. The summed E-state index contributed by atoms with van der Waals surface area (Å²) in [5.74, 6) is 0.888.